The predicted octanol–water partition coefficient (Wildman–Crippen LogP) is 4.91. The number of carbonyl (C=O) groups is 1. The van der Waals surface area contributed by atoms with Gasteiger partial charge >= 0.3 is 6.18 Å². The van der Waals surface area contributed by atoms with Crippen molar-refractivity contribution in [1.29, 1.82) is 0 Å². The number of hydrogen-bond acceptors (Lipinski definition) is 3. The van der Waals surface area contributed by atoms with Gasteiger partial charge in [-0.1, -0.05) is 12.8 Å². The standard InChI is InChI=1S/C23H29F3N2O2/c1-22(9-2-3-10-22)28-20-8-11-30-14-16(20)13-27-21(29)18-7-6-17(23(24,25)26)12-19(18)15-4-5-15/h6-7,12-13,15,20,28H,2-5,8-11,14H2,1H3,(H,27,29)/b16-13-. The van der Waals surface area contributed by atoms with Crippen LogP contribution in [0, 0.1) is 0 Å². The van der Waals surface area contributed by atoms with Gasteiger partial charge in [0.05, 0.1) is 12.2 Å². The lowest BCUT2D eigenvalue weighted by Crippen LogP contribution is -2.49. The molecule has 1 unspecified atom stereocenters. The fourth-order valence-electron chi connectivity index (χ4n) is 4.62. The smallest absolute Gasteiger partial charge is 0.377 e. The molecule has 30 heavy (non-hydrogen) atoms. The maximum atomic E-state index is 13.1. The molecule has 1 aliphatic heterocycles. The van der Waals surface area contributed by atoms with E-state index in [0.717, 1.165) is 49.8 Å². The zero-order valence-corrected chi connectivity index (χ0v) is 17.3. The Morgan fingerprint density at radius 1 is 1.20 bits per heavy atom. The largest absolute Gasteiger partial charge is 0.416 e. The lowest BCUT2D eigenvalue weighted by molar-refractivity contribution is -0.137. The van der Waals surface area contributed by atoms with E-state index in [1.807, 2.05) is 0 Å². The molecular formula is C23H29F3N2O2. The first-order chi connectivity index (χ1) is 14.3. The number of alkyl halides is 3. The number of halogens is 3. The van der Waals surface area contributed by atoms with Gasteiger partial charge in [-0.2, -0.15) is 13.2 Å². The summed E-state index contributed by atoms with van der Waals surface area (Å²) in [6.45, 7) is 3.36. The normalized spacial score (nSPS) is 25.5. The minimum Gasteiger partial charge on any atom is -0.377 e. The molecule has 0 radical (unpaired) electrons. The van der Waals surface area contributed by atoms with Gasteiger partial charge in [0.15, 0.2) is 0 Å². The molecule has 4 nitrogen and oxygen atoms in total. The highest BCUT2D eigenvalue weighted by Gasteiger charge is 2.35. The molecule has 0 aromatic heterocycles. The minimum atomic E-state index is -4.41. The van der Waals surface area contributed by atoms with Crippen LogP contribution in [0.2, 0.25) is 0 Å². The summed E-state index contributed by atoms with van der Waals surface area (Å²) in [6.07, 6.45) is 4.48. The van der Waals surface area contributed by atoms with Crippen LogP contribution in [0.15, 0.2) is 30.0 Å². The Balaban J connectivity index is 1.49. The first kappa shape index (κ1) is 21.4. The molecule has 2 aliphatic carbocycles. The Morgan fingerprint density at radius 3 is 2.60 bits per heavy atom. The molecule has 0 spiro atoms. The molecule has 164 valence electrons. The summed E-state index contributed by atoms with van der Waals surface area (Å²) in [4.78, 5) is 12.8. The summed E-state index contributed by atoms with van der Waals surface area (Å²) in [5.74, 6) is -0.329. The zero-order valence-electron chi connectivity index (χ0n) is 17.3. The topological polar surface area (TPSA) is 50.4 Å². The summed E-state index contributed by atoms with van der Waals surface area (Å²) in [7, 11) is 0. The first-order valence-electron chi connectivity index (χ1n) is 10.8. The van der Waals surface area contributed by atoms with Gasteiger partial charge in [0.1, 0.15) is 0 Å². The Morgan fingerprint density at radius 2 is 1.93 bits per heavy atom. The van der Waals surface area contributed by atoms with Crippen molar-refractivity contribution in [2.24, 2.45) is 0 Å². The molecule has 1 aromatic carbocycles. The van der Waals surface area contributed by atoms with Gasteiger partial charge in [-0.25, -0.2) is 0 Å². The summed E-state index contributed by atoms with van der Waals surface area (Å²) in [5.41, 5.74) is 1.20. The lowest BCUT2D eigenvalue weighted by Gasteiger charge is -2.35. The van der Waals surface area contributed by atoms with Crippen LogP contribution in [0.4, 0.5) is 13.2 Å². The molecule has 1 heterocycles. The van der Waals surface area contributed by atoms with Crippen molar-refractivity contribution in [1.82, 2.24) is 10.6 Å². The van der Waals surface area contributed by atoms with E-state index in [9.17, 15) is 18.0 Å². The van der Waals surface area contributed by atoms with Crippen LogP contribution in [0.5, 0.6) is 0 Å². The highest BCUT2D eigenvalue weighted by molar-refractivity contribution is 5.96. The van der Waals surface area contributed by atoms with Crippen LogP contribution in [-0.4, -0.2) is 30.7 Å². The van der Waals surface area contributed by atoms with Crippen molar-refractivity contribution < 1.29 is 22.7 Å². The van der Waals surface area contributed by atoms with Gasteiger partial charge in [-0.05, 0) is 74.3 Å². The third-order valence-electron chi connectivity index (χ3n) is 6.53. The molecule has 2 N–H and O–H groups in total. The van der Waals surface area contributed by atoms with Crippen molar-refractivity contribution in [3.8, 4) is 0 Å². The van der Waals surface area contributed by atoms with Gasteiger partial charge in [0, 0.05) is 30.0 Å². The maximum absolute atomic E-state index is 13.1. The molecule has 4 rings (SSSR count). The SMILES string of the molecule is CC1(NC2CCOC/C2=C/NC(=O)c2ccc(C(F)(F)F)cc2C2CC2)CCCC1. The molecule has 1 aromatic rings. The monoisotopic (exact) mass is 422 g/mol. The molecular weight excluding hydrogens is 393 g/mol. The second kappa shape index (κ2) is 8.35. The van der Waals surface area contributed by atoms with E-state index in [4.69, 9.17) is 4.74 Å². The van der Waals surface area contributed by atoms with Gasteiger partial charge in [-0.15, -0.1) is 0 Å². The van der Waals surface area contributed by atoms with Crippen molar-refractivity contribution in [3.05, 3.63) is 46.7 Å². The molecule has 3 fully saturated rings. The number of nitrogens with one attached hydrogen (secondary N) is 2. The number of amides is 1. The second-order valence-electron chi connectivity index (χ2n) is 9.07. The van der Waals surface area contributed by atoms with Gasteiger partial charge in [-0.3, -0.25) is 4.79 Å². The Hall–Kier alpha value is -1.86. The third kappa shape index (κ3) is 4.89. The number of carbonyl (C=O) groups excluding carboxylic acids is 1. The summed E-state index contributed by atoms with van der Waals surface area (Å²) < 4.78 is 44.8. The number of ether oxygens (including phenoxy) is 1. The van der Waals surface area contributed by atoms with Crippen LogP contribution in [-0.2, 0) is 10.9 Å². The minimum absolute atomic E-state index is 0.0375. The van der Waals surface area contributed by atoms with Crippen LogP contribution < -0.4 is 10.6 Å². The van der Waals surface area contributed by atoms with Crippen molar-refractivity contribution in [2.45, 2.75) is 75.5 Å². The number of rotatable bonds is 5. The quantitative estimate of drug-likeness (QED) is 0.709. The van der Waals surface area contributed by atoms with Gasteiger partial charge in [0.25, 0.3) is 5.91 Å². The van der Waals surface area contributed by atoms with Crippen molar-refractivity contribution >= 4 is 5.91 Å². The molecule has 7 heteroatoms. The van der Waals surface area contributed by atoms with E-state index in [-0.39, 0.29) is 23.4 Å². The zero-order chi connectivity index (χ0) is 21.4. The molecule has 1 saturated heterocycles. The molecule has 3 aliphatic rings. The second-order valence-corrected chi connectivity index (χ2v) is 9.07. The molecule has 0 bridgehead atoms. The third-order valence-corrected chi connectivity index (χ3v) is 6.53. The van der Waals surface area contributed by atoms with E-state index < -0.39 is 11.7 Å². The van der Waals surface area contributed by atoms with Crippen LogP contribution in [0.3, 0.4) is 0 Å². The predicted molar refractivity (Wildman–Crippen MR) is 108 cm³/mol. The first-order valence-corrected chi connectivity index (χ1v) is 10.8. The van der Waals surface area contributed by atoms with E-state index >= 15 is 0 Å². The summed E-state index contributed by atoms with van der Waals surface area (Å²) >= 11 is 0. The van der Waals surface area contributed by atoms with Crippen molar-refractivity contribution in [2.75, 3.05) is 13.2 Å². The van der Waals surface area contributed by atoms with E-state index in [2.05, 4.69) is 17.6 Å². The highest BCUT2D eigenvalue weighted by atomic mass is 19.4. The average molecular weight is 422 g/mol. The number of hydrogen-bond donors (Lipinski definition) is 2. The van der Waals surface area contributed by atoms with Crippen LogP contribution >= 0.6 is 0 Å². The van der Waals surface area contributed by atoms with Gasteiger partial charge in [0.2, 0.25) is 0 Å². The number of benzene rings is 1. The Kier molecular flexibility index (Phi) is 5.95. The summed E-state index contributed by atoms with van der Waals surface area (Å²) in [5, 5.41) is 6.56. The van der Waals surface area contributed by atoms with E-state index in [1.54, 1.807) is 6.20 Å². The molecule has 1 atom stereocenters. The van der Waals surface area contributed by atoms with Crippen molar-refractivity contribution in [3.63, 3.8) is 0 Å². The lowest BCUT2D eigenvalue weighted by atomic mass is 9.94. The Labute approximate surface area is 175 Å². The van der Waals surface area contributed by atoms with Gasteiger partial charge < -0.3 is 15.4 Å². The Bertz CT molecular complexity index is 824. The van der Waals surface area contributed by atoms with E-state index in [1.165, 1.54) is 18.9 Å². The maximum Gasteiger partial charge on any atom is 0.416 e. The fraction of sp³-hybridized carbons (Fsp3) is 0.609. The molecule has 2 saturated carbocycles. The molecule has 1 amide bonds. The fourth-order valence-corrected chi connectivity index (χ4v) is 4.62. The van der Waals surface area contributed by atoms with E-state index in [0.29, 0.717) is 24.3 Å². The van der Waals surface area contributed by atoms with Crippen LogP contribution in [0.25, 0.3) is 0 Å². The average Bonchev–Trinajstić information content (AvgIpc) is 3.47. The summed E-state index contributed by atoms with van der Waals surface area (Å²) in [6, 6.07) is 3.56. The van der Waals surface area contributed by atoms with Crippen LogP contribution in [0.1, 0.15) is 79.3 Å². The highest BCUT2D eigenvalue weighted by Crippen LogP contribution is 2.43.